The highest BCUT2D eigenvalue weighted by Crippen LogP contribution is 2.21. The molecule has 0 unspecified atom stereocenters. The molecule has 0 aliphatic heterocycles. The third kappa shape index (κ3) is 1.23. The molecule has 0 radical (unpaired) electrons. The maximum atomic E-state index is 4.03. The Morgan fingerprint density at radius 3 is 2.71 bits per heavy atom. The van der Waals surface area contributed by atoms with Crippen LogP contribution in [0.15, 0.2) is 12.6 Å². The van der Waals surface area contributed by atoms with Crippen molar-refractivity contribution in [1.29, 1.82) is 0 Å². The normalized spacial score (nSPS) is 12.2. The summed E-state index contributed by atoms with van der Waals surface area (Å²) in [5.74, 6) is 0.746. The van der Waals surface area contributed by atoms with E-state index in [0.717, 1.165) is 17.2 Å². The standard InChI is InChI=1S/C10H14N4/c1-5-8-11-12-9-6-7(10(2,3)4)13-14(8)9/h5-6,13H,1H2,2-4H3. The number of rotatable bonds is 1. The first-order valence-corrected chi connectivity index (χ1v) is 4.59. The van der Waals surface area contributed by atoms with Gasteiger partial charge in [0.05, 0.1) is 0 Å². The van der Waals surface area contributed by atoms with Crippen LogP contribution < -0.4 is 0 Å². The van der Waals surface area contributed by atoms with Crippen molar-refractivity contribution in [1.82, 2.24) is 19.8 Å². The summed E-state index contributed by atoms with van der Waals surface area (Å²) in [4.78, 5) is 0. The van der Waals surface area contributed by atoms with Crippen LogP contribution >= 0.6 is 0 Å². The lowest BCUT2D eigenvalue weighted by Gasteiger charge is -2.15. The Kier molecular flexibility index (Phi) is 1.74. The van der Waals surface area contributed by atoms with Gasteiger partial charge in [-0.25, -0.2) is 4.52 Å². The molecule has 0 bridgehead atoms. The molecule has 2 aromatic heterocycles. The fourth-order valence-electron chi connectivity index (χ4n) is 1.32. The summed E-state index contributed by atoms with van der Waals surface area (Å²) in [7, 11) is 0. The highest BCUT2D eigenvalue weighted by Gasteiger charge is 2.17. The average Bonchev–Trinajstić information content (AvgIpc) is 2.58. The second kappa shape index (κ2) is 2.70. The van der Waals surface area contributed by atoms with Gasteiger partial charge in [-0.15, -0.1) is 10.2 Å². The molecular formula is C10H14N4. The van der Waals surface area contributed by atoms with Crippen LogP contribution in [0.3, 0.4) is 0 Å². The summed E-state index contributed by atoms with van der Waals surface area (Å²) >= 11 is 0. The van der Waals surface area contributed by atoms with Crippen LogP contribution in [0.5, 0.6) is 0 Å². The lowest BCUT2D eigenvalue weighted by atomic mass is 9.93. The fraction of sp³-hybridized carbons (Fsp3) is 0.400. The molecule has 1 N–H and O–H groups in total. The van der Waals surface area contributed by atoms with E-state index in [0.29, 0.717) is 0 Å². The predicted molar refractivity (Wildman–Crippen MR) is 56.1 cm³/mol. The molecule has 0 spiro atoms. The molecule has 74 valence electrons. The van der Waals surface area contributed by atoms with Gasteiger partial charge in [0.1, 0.15) is 0 Å². The Balaban J connectivity index is 2.63. The molecule has 2 rings (SSSR count). The summed E-state index contributed by atoms with van der Waals surface area (Å²) in [6, 6.07) is 2.01. The molecule has 2 aromatic rings. The van der Waals surface area contributed by atoms with Gasteiger partial charge in [-0.2, -0.15) is 0 Å². The smallest absolute Gasteiger partial charge is 0.177 e. The van der Waals surface area contributed by atoms with Gasteiger partial charge in [0.25, 0.3) is 0 Å². The lowest BCUT2D eigenvalue weighted by molar-refractivity contribution is 0.562. The van der Waals surface area contributed by atoms with Crippen LogP contribution in [0.2, 0.25) is 0 Å². The van der Waals surface area contributed by atoms with Gasteiger partial charge in [0, 0.05) is 17.2 Å². The van der Waals surface area contributed by atoms with Crippen molar-refractivity contribution in [3.8, 4) is 0 Å². The first kappa shape index (κ1) is 8.99. The monoisotopic (exact) mass is 190 g/mol. The van der Waals surface area contributed by atoms with Crippen molar-refractivity contribution >= 4 is 11.7 Å². The van der Waals surface area contributed by atoms with E-state index in [2.05, 4.69) is 42.6 Å². The molecule has 0 atom stereocenters. The maximum absolute atomic E-state index is 4.03. The maximum Gasteiger partial charge on any atom is 0.177 e. The number of aromatic nitrogens is 4. The summed E-state index contributed by atoms with van der Waals surface area (Å²) in [5, 5.41) is 11.3. The zero-order valence-corrected chi connectivity index (χ0v) is 8.70. The minimum Gasteiger partial charge on any atom is -0.294 e. The van der Waals surface area contributed by atoms with Crippen LogP contribution in [0, 0.1) is 0 Å². The molecule has 4 nitrogen and oxygen atoms in total. The van der Waals surface area contributed by atoms with Gasteiger partial charge in [0.15, 0.2) is 11.5 Å². The lowest BCUT2D eigenvalue weighted by Crippen LogP contribution is -2.12. The van der Waals surface area contributed by atoms with Crippen molar-refractivity contribution in [2.75, 3.05) is 0 Å². The van der Waals surface area contributed by atoms with E-state index in [1.54, 1.807) is 6.08 Å². The largest absolute Gasteiger partial charge is 0.294 e. The van der Waals surface area contributed by atoms with Gasteiger partial charge in [-0.05, 0) is 6.08 Å². The number of nitrogens with zero attached hydrogens (tertiary/aromatic N) is 3. The van der Waals surface area contributed by atoms with Crippen LogP contribution in [0.1, 0.15) is 32.3 Å². The zero-order chi connectivity index (χ0) is 10.3. The number of nitrogens with one attached hydrogen (secondary N) is 1. The molecular weight excluding hydrogens is 176 g/mol. The van der Waals surface area contributed by atoms with Crippen molar-refractivity contribution in [3.05, 3.63) is 24.2 Å². The van der Waals surface area contributed by atoms with Gasteiger partial charge in [0.2, 0.25) is 0 Å². The van der Waals surface area contributed by atoms with Crippen LogP contribution in [-0.4, -0.2) is 19.8 Å². The van der Waals surface area contributed by atoms with Gasteiger partial charge in [-0.1, -0.05) is 27.4 Å². The molecule has 14 heavy (non-hydrogen) atoms. The minimum absolute atomic E-state index is 0.0964. The van der Waals surface area contributed by atoms with E-state index in [1.807, 2.05) is 10.6 Å². The summed E-state index contributed by atoms with van der Waals surface area (Å²) in [6.45, 7) is 10.1. The molecule has 0 saturated heterocycles. The predicted octanol–water partition coefficient (Wildman–Crippen LogP) is 2.00. The molecule has 0 amide bonds. The van der Waals surface area contributed by atoms with Crippen molar-refractivity contribution in [3.63, 3.8) is 0 Å². The molecule has 0 aliphatic carbocycles. The van der Waals surface area contributed by atoms with Crippen molar-refractivity contribution in [2.45, 2.75) is 26.2 Å². The van der Waals surface area contributed by atoms with Crippen molar-refractivity contribution in [2.24, 2.45) is 0 Å². The summed E-state index contributed by atoms with van der Waals surface area (Å²) < 4.78 is 1.84. The third-order valence-electron chi connectivity index (χ3n) is 2.21. The van der Waals surface area contributed by atoms with Gasteiger partial charge in [-0.3, -0.25) is 5.10 Å². The number of aromatic amines is 1. The third-order valence-corrected chi connectivity index (χ3v) is 2.21. The topological polar surface area (TPSA) is 46.0 Å². The molecule has 0 fully saturated rings. The van der Waals surface area contributed by atoms with Crippen LogP contribution in [0.25, 0.3) is 11.7 Å². The van der Waals surface area contributed by atoms with E-state index >= 15 is 0 Å². The zero-order valence-electron chi connectivity index (χ0n) is 8.70. The number of hydrogen-bond donors (Lipinski definition) is 1. The SMILES string of the molecule is C=Cc1nnc2cc(C(C)(C)C)[nH]n12. The fourth-order valence-corrected chi connectivity index (χ4v) is 1.32. The minimum atomic E-state index is 0.0964. The first-order chi connectivity index (χ1) is 6.52. The Hall–Kier alpha value is -1.58. The number of H-pyrrole nitrogens is 1. The summed E-state index contributed by atoms with van der Waals surface area (Å²) in [6.07, 6.45) is 1.68. The molecule has 0 aliphatic rings. The Morgan fingerprint density at radius 1 is 1.43 bits per heavy atom. The van der Waals surface area contributed by atoms with E-state index in [-0.39, 0.29) is 5.41 Å². The number of hydrogen-bond acceptors (Lipinski definition) is 2. The Bertz CT molecular complexity index is 470. The summed E-state index contributed by atoms with van der Waals surface area (Å²) in [5.41, 5.74) is 2.08. The van der Waals surface area contributed by atoms with Gasteiger partial charge < -0.3 is 0 Å². The van der Waals surface area contributed by atoms with Crippen LogP contribution in [0.4, 0.5) is 0 Å². The second-order valence-corrected chi connectivity index (χ2v) is 4.38. The van der Waals surface area contributed by atoms with E-state index < -0.39 is 0 Å². The highest BCUT2D eigenvalue weighted by molar-refractivity contribution is 5.47. The second-order valence-electron chi connectivity index (χ2n) is 4.38. The molecule has 0 saturated carbocycles. The average molecular weight is 190 g/mol. The Labute approximate surface area is 82.6 Å². The highest BCUT2D eigenvalue weighted by atomic mass is 15.4. The Morgan fingerprint density at radius 2 is 2.14 bits per heavy atom. The van der Waals surface area contributed by atoms with Crippen molar-refractivity contribution < 1.29 is 0 Å². The van der Waals surface area contributed by atoms with E-state index in [4.69, 9.17) is 0 Å². The quantitative estimate of drug-likeness (QED) is 0.747. The van der Waals surface area contributed by atoms with Crippen LogP contribution in [-0.2, 0) is 5.41 Å². The molecule has 2 heterocycles. The molecule has 0 aromatic carbocycles. The van der Waals surface area contributed by atoms with Gasteiger partial charge >= 0.3 is 0 Å². The van der Waals surface area contributed by atoms with E-state index in [1.165, 1.54) is 0 Å². The molecule has 4 heteroatoms. The number of fused-ring (bicyclic) bond motifs is 1. The van der Waals surface area contributed by atoms with E-state index in [9.17, 15) is 0 Å². The first-order valence-electron chi connectivity index (χ1n) is 4.59.